The zero-order chi connectivity index (χ0) is 11.3. The number of anilines is 1. The third-order valence-electron chi connectivity index (χ3n) is 1.64. The fraction of sp³-hybridized carbons (Fsp3) is 0.100. The van der Waals surface area contributed by atoms with Crippen LogP contribution >= 0.6 is 0 Å². The van der Waals surface area contributed by atoms with E-state index >= 15 is 0 Å². The smallest absolute Gasteiger partial charge is 0.329 e. The maximum Gasteiger partial charge on any atom is 0.329 e. The Kier molecular flexibility index (Phi) is 3.79. The topological polar surface area (TPSA) is 49.3 Å². The molecule has 0 spiro atoms. The molecule has 1 aromatic rings. The number of halogens is 2. The van der Waals surface area contributed by atoms with Crippen molar-refractivity contribution < 1.29 is 18.7 Å². The summed E-state index contributed by atoms with van der Waals surface area (Å²) >= 11 is 0. The summed E-state index contributed by atoms with van der Waals surface area (Å²) < 4.78 is 24.3. The molecule has 80 valence electrons. The molecule has 0 amide bonds. The Hall–Kier alpha value is -1.91. The van der Waals surface area contributed by atoms with Crippen LogP contribution in [0.2, 0.25) is 0 Å². The minimum Gasteiger partial charge on any atom is -0.478 e. The summed E-state index contributed by atoms with van der Waals surface area (Å²) in [6.07, 6.45) is -0.352. The molecule has 0 aliphatic heterocycles. The van der Waals surface area contributed by atoms with Crippen molar-refractivity contribution in [1.29, 1.82) is 0 Å². The molecule has 3 nitrogen and oxygen atoms in total. The molecule has 15 heavy (non-hydrogen) atoms. The van der Waals surface area contributed by atoms with Gasteiger partial charge in [-0.1, -0.05) is 12.1 Å². The summed E-state index contributed by atoms with van der Waals surface area (Å²) in [6, 6.07) is 5.46. The summed E-state index contributed by atoms with van der Waals surface area (Å²) in [6.45, 7) is 0. The number of aliphatic carboxylic acids is 1. The normalized spacial score (nSPS) is 10.9. The highest BCUT2D eigenvalue weighted by Gasteiger charge is 2.04. The highest BCUT2D eigenvalue weighted by molar-refractivity contribution is 5.80. The molecule has 0 heterocycles. The number of rotatable bonds is 4. The number of carboxylic acids is 1. The van der Waals surface area contributed by atoms with Crippen LogP contribution in [0.1, 0.15) is 12.0 Å². The minimum absolute atomic E-state index is 0.0669. The molecule has 0 aliphatic carbocycles. The van der Waals surface area contributed by atoms with E-state index in [-0.39, 0.29) is 5.56 Å². The largest absolute Gasteiger partial charge is 0.478 e. The van der Waals surface area contributed by atoms with E-state index in [9.17, 15) is 13.6 Å². The van der Waals surface area contributed by atoms with E-state index in [0.29, 0.717) is 5.69 Å². The molecule has 0 atom stereocenters. The SMILES string of the molecule is O=C(O)/C=C/Nc1ccc(C(F)F)cc1. The third kappa shape index (κ3) is 3.76. The van der Waals surface area contributed by atoms with Crippen LogP contribution in [0, 0.1) is 0 Å². The Bertz CT molecular complexity index is 360. The van der Waals surface area contributed by atoms with E-state index in [4.69, 9.17) is 5.11 Å². The van der Waals surface area contributed by atoms with Crippen LogP contribution in [0.4, 0.5) is 14.5 Å². The number of hydrogen-bond acceptors (Lipinski definition) is 2. The fourth-order valence-electron chi connectivity index (χ4n) is 0.934. The molecule has 5 heteroatoms. The molecule has 0 unspecified atom stereocenters. The first-order valence-corrected chi connectivity index (χ1v) is 4.13. The van der Waals surface area contributed by atoms with Gasteiger partial charge in [-0.3, -0.25) is 0 Å². The van der Waals surface area contributed by atoms with Crippen LogP contribution < -0.4 is 5.32 Å². The van der Waals surface area contributed by atoms with Gasteiger partial charge in [0.25, 0.3) is 6.43 Å². The standard InChI is InChI=1S/C10H9F2NO2/c11-10(12)7-1-3-8(4-2-7)13-6-5-9(14)15/h1-6,10,13H,(H,14,15)/b6-5+. The van der Waals surface area contributed by atoms with Crippen LogP contribution in [0.5, 0.6) is 0 Å². The number of carbonyl (C=O) groups is 1. The van der Waals surface area contributed by atoms with E-state index in [2.05, 4.69) is 5.32 Å². The Balaban J connectivity index is 2.61. The molecule has 1 rings (SSSR count). The van der Waals surface area contributed by atoms with Gasteiger partial charge in [0.05, 0.1) is 0 Å². The second-order valence-electron chi connectivity index (χ2n) is 2.74. The maximum absolute atomic E-state index is 12.1. The van der Waals surface area contributed by atoms with E-state index in [1.807, 2.05) is 0 Å². The van der Waals surface area contributed by atoms with Crippen molar-refractivity contribution in [3.05, 3.63) is 42.1 Å². The van der Waals surface area contributed by atoms with E-state index in [0.717, 1.165) is 6.08 Å². The fourth-order valence-corrected chi connectivity index (χ4v) is 0.934. The molecule has 2 N–H and O–H groups in total. The lowest BCUT2D eigenvalue weighted by atomic mass is 10.2. The van der Waals surface area contributed by atoms with Crippen LogP contribution in [-0.2, 0) is 4.79 Å². The molecule has 1 aromatic carbocycles. The number of alkyl halides is 2. The Labute approximate surface area is 85.0 Å². The Morgan fingerprint density at radius 3 is 2.40 bits per heavy atom. The zero-order valence-corrected chi connectivity index (χ0v) is 7.65. The molecule has 0 fully saturated rings. The zero-order valence-electron chi connectivity index (χ0n) is 7.65. The van der Waals surface area contributed by atoms with Crippen molar-refractivity contribution in [2.75, 3.05) is 5.32 Å². The van der Waals surface area contributed by atoms with Crippen molar-refractivity contribution in [1.82, 2.24) is 0 Å². The molecule has 0 aromatic heterocycles. The molecule has 0 bridgehead atoms. The van der Waals surface area contributed by atoms with Gasteiger partial charge in [-0.2, -0.15) is 0 Å². The van der Waals surface area contributed by atoms with Crippen LogP contribution in [0.15, 0.2) is 36.5 Å². The third-order valence-corrected chi connectivity index (χ3v) is 1.64. The summed E-state index contributed by atoms with van der Waals surface area (Å²) in [5.74, 6) is -1.08. The molecule has 0 saturated carbocycles. The highest BCUT2D eigenvalue weighted by Crippen LogP contribution is 2.20. The maximum atomic E-state index is 12.1. The van der Waals surface area contributed by atoms with Gasteiger partial charge in [-0.15, -0.1) is 0 Å². The molecular formula is C10H9F2NO2. The monoisotopic (exact) mass is 213 g/mol. The second-order valence-corrected chi connectivity index (χ2v) is 2.74. The van der Waals surface area contributed by atoms with E-state index in [1.165, 1.54) is 30.5 Å². The van der Waals surface area contributed by atoms with Crippen molar-refractivity contribution in [3.8, 4) is 0 Å². The van der Waals surface area contributed by atoms with Gasteiger partial charge in [-0.05, 0) is 12.1 Å². The van der Waals surface area contributed by atoms with Crippen molar-refractivity contribution in [2.45, 2.75) is 6.43 Å². The number of benzene rings is 1. The van der Waals surface area contributed by atoms with Gasteiger partial charge in [0.2, 0.25) is 0 Å². The van der Waals surface area contributed by atoms with Gasteiger partial charge in [0.15, 0.2) is 0 Å². The summed E-state index contributed by atoms with van der Waals surface area (Å²) in [4.78, 5) is 10.1. The lowest BCUT2D eigenvalue weighted by Crippen LogP contribution is -1.92. The van der Waals surface area contributed by atoms with Gasteiger partial charge in [-0.25, -0.2) is 13.6 Å². The van der Waals surface area contributed by atoms with Gasteiger partial charge in [0.1, 0.15) is 0 Å². The lowest BCUT2D eigenvalue weighted by Gasteiger charge is -2.02. The Morgan fingerprint density at radius 1 is 1.33 bits per heavy atom. The Morgan fingerprint density at radius 2 is 1.93 bits per heavy atom. The summed E-state index contributed by atoms with van der Waals surface area (Å²) in [7, 11) is 0. The van der Waals surface area contributed by atoms with Gasteiger partial charge >= 0.3 is 5.97 Å². The molecule has 0 radical (unpaired) electrons. The van der Waals surface area contributed by atoms with Crippen LogP contribution in [0.3, 0.4) is 0 Å². The second kappa shape index (κ2) is 5.09. The molecule has 0 aliphatic rings. The first-order valence-electron chi connectivity index (χ1n) is 4.13. The van der Waals surface area contributed by atoms with Crippen molar-refractivity contribution >= 4 is 11.7 Å². The first-order chi connectivity index (χ1) is 7.09. The van der Waals surface area contributed by atoms with E-state index in [1.54, 1.807) is 0 Å². The average molecular weight is 213 g/mol. The number of nitrogens with one attached hydrogen (secondary N) is 1. The minimum atomic E-state index is -2.49. The van der Waals surface area contributed by atoms with E-state index < -0.39 is 12.4 Å². The quantitative estimate of drug-likeness (QED) is 0.756. The molecular weight excluding hydrogens is 204 g/mol. The van der Waals surface area contributed by atoms with Crippen molar-refractivity contribution in [2.24, 2.45) is 0 Å². The predicted molar refractivity (Wildman–Crippen MR) is 51.8 cm³/mol. The van der Waals surface area contributed by atoms with Crippen molar-refractivity contribution in [3.63, 3.8) is 0 Å². The lowest BCUT2D eigenvalue weighted by molar-refractivity contribution is -0.131. The first kappa shape index (κ1) is 11.2. The van der Waals surface area contributed by atoms with Gasteiger partial charge < -0.3 is 10.4 Å². The van der Waals surface area contributed by atoms with Crippen LogP contribution in [0.25, 0.3) is 0 Å². The predicted octanol–water partition coefficient (Wildman–Crippen LogP) is 2.63. The van der Waals surface area contributed by atoms with Crippen LogP contribution in [-0.4, -0.2) is 11.1 Å². The highest BCUT2D eigenvalue weighted by atomic mass is 19.3. The van der Waals surface area contributed by atoms with Gasteiger partial charge in [0, 0.05) is 23.5 Å². The number of carboxylic acid groups (broad SMARTS) is 1. The number of hydrogen-bond donors (Lipinski definition) is 2. The average Bonchev–Trinajstić information content (AvgIpc) is 2.18. The summed E-state index contributed by atoms with van der Waals surface area (Å²) in [5, 5.41) is 10.9. The summed E-state index contributed by atoms with van der Waals surface area (Å²) in [5.41, 5.74) is 0.486. The molecule has 0 saturated heterocycles.